The second-order valence-corrected chi connectivity index (χ2v) is 6.32. The largest absolute Gasteiger partial charge is 0.458 e. The van der Waals surface area contributed by atoms with E-state index in [1.54, 1.807) is 31.9 Å². The van der Waals surface area contributed by atoms with Gasteiger partial charge in [-0.15, -0.1) is 0 Å². The minimum atomic E-state index is -0.818. The Kier molecular flexibility index (Phi) is 6.93. The molecule has 0 bridgehead atoms. The summed E-state index contributed by atoms with van der Waals surface area (Å²) in [6.07, 6.45) is 2.91. The zero-order chi connectivity index (χ0) is 20.8. The van der Waals surface area contributed by atoms with Crippen molar-refractivity contribution in [2.75, 3.05) is 20.3 Å². The van der Waals surface area contributed by atoms with Gasteiger partial charge in [0.2, 0.25) is 0 Å². The number of carbonyl (C=O) groups excluding carboxylic acids is 2. The van der Waals surface area contributed by atoms with Crippen LogP contribution in [0, 0.1) is 5.82 Å². The fourth-order valence-electron chi connectivity index (χ4n) is 3.15. The lowest BCUT2D eigenvalue weighted by atomic mass is 9.80. The molecule has 5 nitrogen and oxygen atoms in total. The number of nitrogens with zero attached hydrogens (tertiary/aromatic N) is 1. The summed E-state index contributed by atoms with van der Waals surface area (Å²) in [4.78, 5) is 27.4. The monoisotopic (exact) mass is 385 g/mol. The SMILES string of the molecule is C=CCOC(=O)C1=C(C)N(C)C(C)=C(C(=O)OCC=C)C1c1cccc(F)c1. The lowest BCUT2D eigenvalue weighted by Gasteiger charge is -2.35. The molecule has 0 atom stereocenters. The lowest BCUT2D eigenvalue weighted by molar-refractivity contribution is -0.139. The highest BCUT2D eigenvalue weighted by Crippen LogP contribution is 2.42. The van der Waals surface area contributed by atoms with Crippen LogP contribution >= 0.6 is 0 Å². The van der Waals surface area contributed by atoms with Gasteiger partial charge in [0.25, 0.3) is 0 Å². The van der Waals surface area contributed by atoms with Gasteiger partial charge in [-0.2, -0.15) is 0 Å². The molecule has 0 N–H and O–H groups in total. The maximum Gasteiger partial charge on any atom is 0.337 e. The Morgan fingerprint density at radius 1 is 1.07 bits per heavy atom. The number of allylic oxidation sites excluding steroid dienone is 2. The van der Waals surface area contributed by atoms with Crippen molar-refractivity contribution in [1.29, 1.82) is 0 Å². The molecule has 0 aromatic heterocycles. The molecule has 0 saturated carbocycles. The molecule has 0 spiro atoms. The summed E-state index contributed by atoms with van der Waals surface area (Å²) < 4.78 is 24.5. The minimum absolute atomic E-state index is 0.0220. The van der Waals surface area contributed by atoms with E-state index in [1.807, 2.05) is 0 Å². The van der Waals surface area contributed by atoms with E-state index in [4.69, 9.17) is 9.47 Å². The second-order valence-electron chi connectivity index (χ2n) is 6.32. The second kappa shape index (κ2) is 9.17. The van der Waals surface area contributed by atoms with Crippen LogP contribution in [-0.2, 0) is 19.1 Å². The Morgan fingerprint density at radius 2 is 1.57 bits per heavy atom. The standard InChI is InChI=1S/C22H24FNO4/c1-6-11-27-21(25)18-14(3)24(5)15(4)19(22(26)28-12-7-2)20(18)16-9-8-10-17(23)13-16/h6-10,13,20H,1-2,11-12H2,3-5H3. The highest BCUT2D eigenvalue weighted by Gasteiger charge is 2.39. The van der Waals surface area contributed by atoms with Crippen LogP contribution < -0.4 is 0 Å². The number of ether oxygens (including phenoxy) is 2. The van der Waals surface area contributed by atoms with Crippen LogP contribution in [0.3, 0.4) is 0 Å². The minimum Gasteiger partial charge on any atom is -0.458 e. The van der Waals surface area contributed by atoms with Gasteiger partial charge in [0.15, 0.2) is 0 Å². The fraction of sp³-hybridized carbons (Fsp3) is 0.273. The van der Waals surface area contributed by atoms with E-state index in [1.165, 1.54) is 30.4 Å². The number of rotatable bonds is 7. The molecule has 148 valence electrons. The molecule has 0 unspecified atom stereocenters. The molecule has 2 rings (SSSR count). The topological polar surface area (TPSA) is 55.8 Å². The summed E-state index contributed by atoms with van der Waals surface area (Å²) in [6, 6.07) is 5.81. The van der Waals surface area contributed by atoms with Crippen molar-refractivity contribution >= 4 is 11.9 Å². The lowest BCUT2D eigenvalue weighted by Crippen LogP contribution is -2.33. The number of benzene rings is 1. The molecule has 0 fully saturated rings. The Morgan fingerprint density at radius 3 is 2.00 bits per heavy atom. The van der Waals surface area contributed by atoms with Gasteiger partial charge in [0, 0.05) is 18.4 Å². The van der Waals surface area contributed by atoms with Gasteiger partial charge in [-0.3, -0.25) is 0 Å². The van der Waals surface area contributed by atoms with Crippen molar-refractivity contribution in [3.8, 4) is 0 Å². The zero-order valence-corrected chi connectivity index (χ0v) is 16.3. The zero-order valence-electron chi connectivity index (χ0n) is 16.3. The predicted molar refractivity (Wildman–Crippen MR) is 105 cm³/mol. The van der Waals surface area contributed by atoms with Crippen LogP contribution in [-0.4, -0.2) is 37.1 Å². The van der Waals surface area contributed by atoms with Gasteiger partial charge in [-0.25, -0.2) is 14.0 Å². The van der Waals surface area contributed by atoms with Crippen molar-refractivity contribution in [3.05, 3.63) is 83.5 Å². The summed E-state index contributed by atoms with van der Waals surface area (Å²) in [6.45, 7) is 10.6. The van der Waals surface area contributed by atoms with Gasteiger partial charge in [0.1, 0.15) is 19.0 Å². The molecule has 0 saturated heterocycles. The van der Waals surface area contributed by atoms with Gasteiger partial charge < -0.3 is 14.4 Å². The summed E-state index contributed by atoms with van der Waals surface area (Å²) in [7, 11) is 1.74. The normalized spacial score (nSPS) is 14.8. The molecule has 0 radical (unpaired) electrons. The molecular weight excluding hydrogens is 361 g/mol. The van der Waals surface area contributed by atoms with Crippen molar-refractivity contribution < 1.29 is 23.5 Å². The molecule has 0 aliphatic carbocycles. The third-order valence-corrected chi connectivity index (χ3v) is 4.65. The first kappa shape index (κ1) is 21.2. The molecule has 1 aliphatic rings. The van der Waals surface area contributed by atoms with E-state index >= 15 is 0 Å². The first-order valence-corrected chi connectivity index (χ1v) is 8.80. The first-order chi connectivity index (χ1) is 13.3. The Bertz CT molecular complexity index is 821. The average Bonchev–Trinajstić information content (AvgIpc) is 2.68. The van der Waals surface area contributed by atoms with Crippen molar-refractivity contribution in [2.24, 2.45) is 0 Å². The van der Waals surface area contributed by atoms with E-state index in [0.717, 1.165) is 0 Å². The highest BCUT2D eigenvalue weighted by atomic mass is 19.1. The van der Waals surface area contributed by atoms with Crippen LogP contribution in [0.4, 0.5) is 4.39 Å². The van der Waals surface area contributed by atoms with Crippen LogP contribution in [0.1, 0.15) is 25.3 Å². The summed E-state index contributed by atoms with van der Waals surface area (Å²) in [5.74, 6) is -2.48. The Hall–Kier alpha value is -3.15. The third kappa shape index (κ3) is 4.22. The average molecular weight is 385 g/mol. The van der Waals surface area contributed by atoms with E-state index in [9.17, 15) is 14.0 Å². The maximum absolute atomic E-state index is 14.0. The molecular formula is C22H24FNO4. The smallest absolute Gasteiger partial charge is 0.337 e. The molecule has 1 aliphatic heterocycles. The predicted octanol–water partition coefficient (Wildman–Crippen LogP) is 3.86. The molecule has 6 heteroatoms. The van der Waals surface area contributed by atoms with Gasteiger partial charge in [-0.1, -0.05) is 37.4 Å². The molecule has 0 amide bonds. The maximum atomic E-state index is 14.0. The molecule has 1 aromatic carbocycles. The fourth-order valence-corrected chi connectivity index (χ4v) is 3.15. The number of halogens is 1. The summed E-state index contributed by atoms with van der Waals surface area (Å²) in [5.41, 5.74) is 2.20. The van der Waals surface area contributed by atoms with Crippen molar-refractivity contribution in [2.45, 2.75) is 19.8 Å². The van der Waals surface area contributed by atoms with E-state index in [2.05, 4.69) is 13.2 Å². The number of carbonyl (C=O) groups is 2. The van der Waals surface area contributed by atoms with E-state index in [0.29, 0.717) is 17.0 Å². The van der Waals surface area contributed by atoms with Crippen LogP contribution in [0.15, 0.2) is 72.1 Å². The molecule has 1 heterocycles. The number of hydrogen-bond donors (Lipinski definition) is 0. The number of esters is 2. The van der Waals surface area contributed by atoms with Crippen LogP contribution in [0.2, 0.25) is 0 Å². The van der Waals surface area contributed by atoms with E-state index in [-0.39, 0.29) is 24.4 Å². The van der Waals surface area contributed by atoms with Gasteiger partial charge >= 0.3 is 11.9 Å². The summed E-state index contributed by atoms with van der Waals surface area (Å²) in [5, 5.41) is 0. The van der Waals surface area contributed by atoms with Crippen LogP contribution in [0.5, 0.6) is 0 Å². The van der Waals surface area contributed by atoms with Crippen molar-refractivity contribution in [3.63, 3.8) is 0 Å². The Labute approximate surface area is 164 Å². The van der Waals surface area contributed by atoms with E-state index < -0.39 is 23.7 Å². The highest BCUT2D eigenvalue weighted by molar-refractivity contribution is 5.99. The summed E-state index contributed by atoms with van der Waals surface area (Å²) >= 11 is 0. The van der Waals surface area contributed by atoms with Gasteiger partial charge in [0.05, 0.1) is 17.1 Å². The quantitative estimate of drug-likeness (QED) is 0.527. The van der Waals surface area contributed by atoms with Gasteiger partial charge in [-0.05, 0) is 31.5 Å². The molecule has 1 aromatic rings. The third-order valence-electron chi connectivity index (χ3n) is 4.65. The number of hydrogen-bond acceptors (Lipinski definition) is 5. The molecule has 28 heavy (non-hydrogen) atoms. The van der Waals surface area contributed by atoms with Crippen LogP contribution in [0.25, 0.3) is 0 Å². The Balaban J connectivity index is 2.67. The first-order valence-electron chi connectivity index (χ1n) is 8.80. The van der Waals surface area contributed by atoms with Crippen molar-refractivity contribution in [1.82, 2.24) is 4.90 Å².